The van der Waals surface area contributed by atoms with Crippen molar-refractivity contribution in [3.8, 4) is 10.6 Å². The van der Waals surface area contributed by atoms with Crippen molar-refractivity contribution < 1.29 is 4.79 Å². The Kier molecular flexibility index (Phi) is 5.52. The fraction of sp³-hybridized carbons (Fsp3) is 0.300. The Morgan fingerprint density at radius 2 is 1.89 bits per heavy atom. The third-order valence-electron chi connectivity index (χ3n) is 4.68. The lowest BCUT2D eigenvalue weighted by Crippen LogP contribution is -2.44. The average Bonchev–Trinajstić information content (AvgIpc) is 3.35. The average molecular weight is 399 g/mol. The van der Waals surface area contributed by atoms with E-state index in [-0.39, 0.29) is 5.91 Å². The molecule has 2 aromatic heterocycles. The maximum atomic E-state index is 12.3. The van der Waals surface area contributed by atoms with Crippen LogP contribution in [0.2, 0.25) is 0 Å². The summed E-state index contributed by atoms with van der Waals surface area (Å²) in [7, 11) is 2.15. The van der Waals surface area contributed by atoms with Gasteiger partial charge in [0, 0.05) is 53.9 Å². The number of rotatable bonds is 5. The van der Waals surface area contributed by atoms with E-state index in [1.54, 1.807) is 22.7 Å². The fourth-order valence-corrected chi connectivity index (χ4v) is 4.63. The maximum absolute atomic E-state index is 12.3. The highest BCUT2D eigenvalue weighted by Crippen LogP contribution is 2.26. The quantitative estimate of drug-likeness (QED) is 0.710. The molecular formula is C20H22N4OS2. The number of thiazole rings is 1. The van der Waals surface area contributed by atoms with Crippen LogP contribution in [-0.2, 0) is 11.2 Å². The van der Waals surface area contributed by atoms with E-state index in [0.717, 1.165) is 48.1 Å². The summed E-state index contributed by atoms with van der Waals surface area (Å²) >= 11 is 3.23. The van der Waals surface area contributed by atoms with Gasteiger partial charge in [0.1, 0.15) is 5.01 Å². The topological polar surface area (TPSA) is 48.5 Å². The number of carbonyl (C=O) groups excluding carboxylic acids is 1. The lowest BCUT2D eigenvalue weighted by molar-refractivity contribution is -0.115. The summed E-state index contributed by atoms with van der Waals surface area (Å²) in [5.41, 5.74) is 3.97. The Labute approximate surface area is 167 Å². The lowest BCUT2D eigenvalue weighted by atomic mass is 10.2. The second-order valence-electron chi connectivity index (χ2n) is 6.72. The Bertz CT molecular complexity index is 881. The van der Waals surface area contributed by atoms with Crippen LogP contribution in [0.4, 0.5) is 11.4 Å². The van der Waals surface area contributed by atoms with Crippen LogP contribution in [0.25, 0.3) is 10.6 Å². The van der Waals surface area contributed by atoms with Crippen molar-refractivity contribution in [1.29, 1.82) is 0 Å². The molecule has 0 saturated carbocycles. The van der Waals surface area contributed by atoms with E-state index in [4.69, 9.17) is 0 Å². The van der Waals surface area contributed by atoms with E-state index in [1.807, 2.05) is 22.9 Å². The number of anilines is 2. The predicted octanol–water partition coefficient (Wildman–Crippen LogP) is 3.80. The number of piperazine rings is 1. The fourth-order valence-electron chi connectivity index (χ4n) is 3.10. The van der Waals surface area contributed by atoms with Crippen LogP contribution in [0.1, 0.15) is 5.69 Å². The number of hydrogen-bond acceptors (Lipinski definition) is 6. The van der Waals surface area contributed by atoms with Gasteiger partial charge < -0.3 is 15.1 Å². The van der Waals surface area contributed by atoms with Gasteiger partial charge in [0.05, 0.1) is 12.1 Å². The molecule has 1 aliphatic heterocycles. The molecule has 0 unspecified atom stereocenters. The van der Waals surface area contributed by atoms with Crippen LogP contribution in [0, 0.1) is 0 Å². The Morgan fingerprint density at radius 3 is 2.59 bits per heavy atom. The van der Waals surface area contributed by atoms with Gasteiger partial charge in [-0.2, -0.15) is 11.3 Å². The number of hydrogen-bond donors (Lipinski definition) is 1. The van der Waals surface area contributed by atoms with Crippen LogP contribution in [0.5, 0.6) is 0 Å². The summed E-state index contributed by atoms with van der Waals surface area (Å²) < 4.78 is 0. The van der Waals surface area contributed by atoms with Crippen LogP contribution in [0.15, 0.2) is 46.5 Å². The van der Waals surface area contributed by atoms with Crippen molar-refractivity contribution in [2.75, 3.05) is 43.4 Å². The molecule has 0 aliphatic carbocycles. The minimum atomic E-state index is -0.0375. The minimum absolute atomic E-state index is 0.0375. The van der Waals surface area contributed by atoms with Crippen LogP contribution in [-0.4, -0.2) is 49.0 Å². The molecule has 3 aromatic rings. The summed E-state index contributed by atoms with van der Waals surface area (Å²) in [6.07, 6.45) is 0.293. The third-order valence-corrected chi connectivity index (χ3v) is 6.30. The van der Waals surface area contributed by atoms with E-state index in [0.29, 0.717) is 6.42 Å². The van der Waals surface area contributed by atoms with Gasteiger partial charge in [-0.1, -0.05) is 0 Å². The van der Waals surface area contributed by atoms with Crippen LogP contribution < -0.4 is 10.2 Å². The monoisotopic (exact) mass is 398 g/mol. The van der Waals surface area contributed by atoms with Crippen molar-refractivity contribution >= 4 is 40.0 Å². The lowest BCUT2D eigenvalue weighted by Gasteiger charge is -2.34. The van der Waals surface area contributed by atoms with E-state index in [9.17, 15) is 4.79 Å². The zero-order valence-corrected chi connectivity index (χ0v) is 16.9. The SMILES string of the molecule is CN1CCN(c2ccc(NC(=O)Cc3csc(-c4ccsc4)n3)cc2)CC1. The van der Waals surface area contributed by atoms with Gasteiger partial charge in [-0.3, -0.25) is 4.79 Å². The molecule has 7 heteroatoms. The standard InChI is InChI=1S/C20H22N4OS2/c1-23-7-9-24(10-8-23)18-4-2-16(3-5-18)21-19(25)12-17-14-27-20(22-17)15-6-11-26-13-15/h2-6,11,13-14H,7-10,12H2,1H3,(H,21,25). The molecule has 1 amide bonds. The Balaban J connectivity index is 1.33. The van der Waals surface area contributed by atoms with Gasteiger partial charge in [-0.25, -0.2) is 4.98 Å². The first-order valence-corrected chi connectivity index (χ1v) is 10.8. The van der Waals surface area contributed by atoms with Gasteiger partial charge in [-0.15, -0.1) is 11.3 Å². The second kappa shape index (κ2) is 8.21. The highest BCUT2D eigenvalue weighted by atomic mass is 32.1. The molecule has 4 rings (SSSR count). The van der Waals surface area contributed by atoms with Crippen molar-refractivity contribution in [3.63, 3.8) is 0 Å². The molecular weight excluding hydrogens is 376 g/mol. The molecule has 1 N–H and O–H groups in total. The highest BCUT2D eigenvalue weighted by molar-refractivity contribution is 7.14. The first kappa shape index (κ1) is 18.2. The highest BCUT2D eigenvalue weighted by Gasteiger charge is 2.14. The summed E-state index contributed by atoms with van der Waals surface area (Å²) in [5.74, 6) is -0.0375. The number of carbonyl (C=O) groups is 1. The molecule has 0 bridgehead atoms. The van der Waals surface area contributed by atoms with Crippen LogP contribution >= 0.6 is 22.7 Å². The molecule has 1 aliphatic rings. The maximum Gasteiger partial charge on any atom is 0.230 e. The van der Waals surface area contributed by atoms with Gasteiger partial charge >= 0.3 is 0 Å². The van der Waals surface area contributed by atoms with E-state index in [1.165, 1.54) is 5.69 Å². The molecule has 1 aromatic carbocycles. The first-order chi connectivity index (χ1) is 13.2. The van der Waals surface area contributed by atoms with E-state index < -0.39 is 0 Å². The van der Waals surface area contributed by atoms with Gasteiger partial charge in [0.15, 0.2) is 0 Å². The summed E-state index contributed by atoms with van der Waals surface area (Å²) in [4.78, 5) is 21.6. The summed E-state index contributed by atoms with van der Waals surface area (Å²) in [5, 5.41) is 10.0. The zero-order valence-electron chi connectivity index (χ0n) is 15.2. The van der Waals surface area contributed by atoms with E-state index in [2.05, 4.69) is 50.7 Å². The van der Waals surface area contributed by atoms with Gasteiger partial charge in [0.2, 0.25) is 5.91 Å². The molecule has 1 saturated heterocycles. The molecule has 5 nitrogen and oxygen atoms in total. The number of likely N-dealkylation sites (N-methyl/N-ethyl adjacent to an activating group) is 1. The number of amides is 1. The first-order valence-electron chi connectivity index (χ1n) is 8.98. The smallest absolute Gasteiger partial charge is 0.230 e. The van der Waals surface area contributed by atoms with Crippen molar-refractivity contribution in [2.24, 2.45) is 0 Å². The molecule has 0 atom stereocenters. The van der Waals surface area contributed by atoms with E-state index >= 15 is 0 Å². The number of nitrogens with zero attached hydrogens (tertiary/aromatic N) is 3. The number of nitrogens with one attached hydrogen (secondary N) is 1. The Morgan fingerprint density at radius 1 is 1.11 bits per heavy atom. The van der Waals surface area contributed by atoms with Crippen molar-refractivity contribution in [2.45, 2.75) is 6.42 Å². The molecule has 0 radical (unpaired) electrons. The van der Waals surface area contributed by atoms with Crippen molar-refractivity contribution in [3.05, 3.63) is 52.2 Å². The van der Waals surface area contributed by atoms with Crippen LogP contribution in [0.3, 0.4) is 0 Å². The Hall–Kier alpha value is -2.22. The third kappa shape index (κ3) is 4.55. The molecule has 27 heavy (non-hydrogen) atoms. The summed E-state index contributed by atoms with van der Waals surface area (Å²) in [6.45, 7) is 4.25. The number of aromatic nitrogens is 1. The van der Waals surface area contributed by atoms with Crippen molar-refractivity contribution in [1.82, 2.24) is 9.88 Å². The molecule has 3 heterocycles. The zero-order chi connectivity index (χ0) is 18.6. The second-order valence-corrected chi connectivity index (χ2v) is 8.36. The normalized spacial score (nSPS) is 15.1. The predicted molar refractivity (Wildman–Crippen MR) is 114 cm³/mol. The number of benzene rings is 1. The summed E-state index contributed by atoms with van der Waals surface area (Å²) in [6, 6.07) is 10.2. The molecule has 140 valence electrons. The van der Waals surface area contributed by atoms with Gasteiger partial charge in [-0.05, 0) is 42.8 Å². The molecule has 0 spiro atoms. The largest absolute Gasteiger partial charge is 0.369 e. The van der Waals surface area contributed by atoms with Gasteiger partial charge in [0.25, 0.3) is 0 Å². The number of thiophene rings is 1. The molecule has 1 fully saturated rings. The minimum Gasteiger partial charge on any atom is -0.369 e.